The van der Waals surface area contributed by atoms with Crippen molar-refractivity contribution in [2.45, 2.75) is 6.42 Å². The van der Waals surface area contributed by atoms with Crippen molar-refractivity contribution in [1.29, 1.82) is 5.26 Å². The van der Waals surface area contributed by atoms with Crippen molar-refractivity contribution in [2.75, 3.05) is 0 Å². The van der Waals surface area contributed by atoms with Gasteiger partial charge in [0.05, 0.1) is 12.0 Å². The summed E-state index contributed by atoms with van der Waals surface area (Å²) >= 11 is 3.33. The summed E-state index contributed by atoms with van der Waals surface area (Å²) in [5.41, 5.74) is 0.957. The lowest BCUT2D eigenvalue weighted by atomic mass is 10.0. The zero-order chi connectivity index (χ0) is 8.27. The minimum Gasteiger partial charge on any atom is -0.197 e. The van der Waals surface area contributed by atoms with E-state index in [2.05, 4.69) is 28.6 Å². The molecular formula is C9H8BrN. The van der Waals surface area contributed by atoms with E-state index in [0.717, 1.165) is 16.5 Å². The molecule has 0 aromatic rings. The van der Waals surface area contributed by atoms with Crippen molar-refractivity contribution in [2.24, 2.45) is 5.92 Å². The fraction of sp³-hybridized carbons (Fsp3) is 0.222. The largest absolute Gasteiger partial charge is 0.197 e. The number of nitriles is 1. The number of hydrogen-bond donors (Lipinski definition) is 0. The smallest absolute Gasteiger partial charge is 0.0867 e. The lowest BCUT2D eigenvalue weighted by molar-refractivity contribution is 0.949. The number of nitrogens with zero attached hydrogens (tertiary/aromatic N) is 1. The predicted molar refractivity (Wildman–Crippen MR) is 49.0 cm³/mol. The summed E-state index contributed by atoms with van der Waals surface area (Å²) in [4.78, 5) is 0. The van der Waals surface area contributed by atoms with Crippen LogP contribution in [0.5, 0.6) is 0 Å². The van der Waals surface area contributed by atoms with Gasteiger partial charge in [0.2, 0.25) is 0 Å². The lowest BCUT2D eigenvalue weighted by Crippen LogP contribution is -1.94. The van der Waals surface area contributed by atoms with Crippen molar-refractivity contribution in [3.05, 3.63) is 34.9 Å². The van der Waals surface area contributed by atoms with Crippen LogP contribution in [0, 0.1) is 17.2 Å². The van der Waals surface area contributed by atoms with Gasteiger partial charge in [0.15, 0.2) is 0 Å². The molecule has 0 saturated carbocycles. The molecule has 1 aliphatic rings. The van der Waals surface area contributed by atoms with Gasteiger partial charge in [0, 0.05) is 4.48 Å². The highest BCUT2D eigenvalue weighted by atomic mass is 79.9. The SMILES string of the molecule is C=C1CC=CC(Br)=CC1C#N. The highest BCUT2D eigenvalue weighted by molar-refractivity contribution is 9.11. The summed E-state index contributed by atoms with van der Waals surface area (Å²) in [5, 5.41) is 8.70. The Morgan fingerprint density at radius 1 is 1.73 bits per heavy atom. The lowest BCUT2D eigenvalue weighted by Gasteiger charge is -2.02. The van der Waals surface area contributed by atoms with Gasteiger partial charge >= 0.3 is 0 Å². The molecule has 1 rings (SSSR count). The molecule has 1 aliphatic carbocycles. The van der Waals surface area contributed by atoms with E-state index in [-0.39, 0.29) is 5.92 Å². The normalized spacial score (nSPS) is 23.8. The third-order valence-corrected chi connectivity index (χ3v) is 2.09. The fourth-order valence-corrected chi connectivity index (χ4v) is 1.36. The Bertz CT molecular complexity index is 268. The molecule has 0 aromatic heterocycles. The van der Waals surface area contributed by atoms with E-state index in [1.54, 1.807) is 0 Å². The molecule has 56 valence electrons. The highest BCUT2D eigenvalue weighted by Crippen LogP contribution is 2.23. The van der Waals surface area contributed by atoms with Crippen LogP contribution in [0.1, 0.15) is 6.42 Å². The Morgan fingerprint density at radius 2 is 2.45 bits per heavy atom. The summed E-state index contributed by atoms with van der Waals surface area (Å²) in [7, 11) is 0. The molecule has 0 N–H and O–H groups in total. The van der Waals surface area contributed by atoms with Gasteiger partial charge in [-0.2, -0.15) is 5.26 Å². The molecule has 1 nitrogen and oxygen atoms in total. The fourth-order valence-electron chi connectivity index (χ4n) is 0.911. The maximum atomic E-state index is 8.70. The van der Waals surface area contributed by atoms with E-state index < -0.39 is 0 Å². The van der Waals surface area contributed by atoms with Gasteiger partial charge in [0.25, 0.3) is 0 Å². The van der Waals surface area contributed by atoms with Gasteiger partial charge in [-0.1, -0.05) is 40.2 Å². The Kier molecular flexibility index (Phi) is 2.67. The molecule has 0 bridgehead atoms. The zero-order valence-electron chi connectivity index (χ0n) is 6.05. The van der Waals surface area contributed by atoms with Crippen LogP contribution in [0.4, 0.5) is 0 Å². The maximum absolute atomic E-state index is 8.70. The minimum absolute atomic E-state index is 0.139. The summed E-state index contributed by atoms with van der Waals surface area (Å²) < 4.78 is 0.961. The second-order valence-electron chi connectivity index (χ2n) is 2.42. The number of allylic oxidation sites excluding steroid dienone is 5. The van der Waals surface area contributed by atoms with Crippen molar-refractivity contribution < 1.29 is 0 Å². The second kappa shape index (κ2) is 3.54. The van der Waals surface area contributed by atoms with Crippen LogP contribution in [0.3, 0.4) is 0 Å². The second-order valence-corrected chi connectivity index (χ2v) is 3.34. The molecule has 0 radical (unpaired) electrons. The molecule has 1 unspecified atom stereocenters. The molecule has 0 aliphatic heterocycles. The van der Waals surface area contributed by atoms with Crippen molar-refractivity contribution in [3.8, 4) is 6.07 Å². The molecular weight excluding hydrogens is 202 g/mol. The first-order valence-electron chi connectivity index (χ1n) is 3.35. The van der Waals surface area contributed by atoms with Crippen molar-refractivity contribution in [3.63, 3.8) is 0 Å². The van der Waals surface area contributed by atoms with Crippen molar-refractivity contribution in [1.82, 2.24) is 0 Å². The van der Waals surface area contributed by atoms with Crippen LogP contribution in [0.15, 0.2) is 34.9 Å². The minimum atomic E-state index is -0.139. The Balaban J connectivity index is 2.90. The topological polar surface area (TPSA) is 23.8 Å². The van der Waals surface area contributed by atoms with Crippen molar-refractivity contribution >= 4 is 15.9 Å². The van der Waals surface area contributed by atoms with E-state index >= 15 is 0 Å². The maximum Gasteiger partial charge on any atom is 0.0867 e. The standard InChI is InChI=1S/C9H8BrN/c1-7-3-2-4-9(10)5-8(7)6-11/h2,4-5,8H,1,3H2. The van der Waals surface area contributed by atoms with E-state index in [1.807, 2.05) is 18.2 Å². The average Bonchev–Trinajstić information content (AvgIpc) is 2.13. The van der Waals surface area contributed by atoms with Gasteiger partial charge in [-0.3, -0.25) is 0 Å². The van der Waals surface area contributed by atoms with Crippen LogP contribution < -0.4 is 0 Å². The summed E-state index contributed by atoms with van der Waals surface area (Å²) in [6, 6.07) is 2.18. The van der Waals surface area contributed by atoms with Gasteiger partial charge in [-0.15, -0.1) is 0 Å². The third kappa shape index (κ3) is 2.06. The van der Waals surface area contributed by atoms with Gasteiger partial charge in [-0.25, -0.2) is 0 Å². The summed E-state index contributed by atoms with van der Waals surface area (Å²) in [6.45, 7) is 3.82. The van der Waals surface area contributed by atoms with E-state index in [4.69, 9.17) is 5.26 Å². The Morgan fingerprint density at radius 3 is 3.09 bits per heavy atom. The van der Waals surface area contributed by atoms with E-state index in [1.165, 1.54) is 0 Å². The molecule has 0 saturated heterocycles. The Labute approximate surface area is 74.8 Å². The van der Waals surface area contributed by atoms with Crippen LogP contribution >= 0.6 is 15.9 Å². The molecule has 2 heteroatoms. The van der Waals surface area contributed by atoms with Crippen LogP contribution in [0.2, 0.25) is 0 Å². The quantitative estimate of drug-likeness (QED) is 0.564. The molecule has 0 spiro atoms. The van der Waals surface area contributed by atoms with E-state index in [0.29, 0.717) is 0 Å². The monoisotopic (exact) mass is 209 g/mol. The number of hydrogen-bond acceptors (Lipinski definition) is 1. The van der Waals surface area contributed by atoms with E-state index in [9.17, 15) is 0 Å². The first-order chi connectivity index (χ1) is 5.24. The first kappa shape index (κ1) is 8.29. The Hall–Kier alpha value is -0.810. The van der Waals surface area contributed by atoms with Crippen LogP contribution in [-0.2, 0) is 0 Å². The molecule has 0 amide bonds. The molecule has 1 atom stereocenters. The van der Waals surface area contributed by atoms with Gasteiger partial charge < -0.3 is 0 Å². The highest BCUT2D eigenvalue weighted by Gasteiger charge is 2.09. The molecule has 11 heavy (non-hydrogen) atoms. The van der Waals surface area contributed by atoms with Crippen LogP contribution in [0.25, 0.3) is 0 Å². The molecule has 0 fully saturated rings. The third-order valence-electron chi connectivity index (χ3n) is 1.56. The summed E-state index contributed by atoms with van der Waals surface area (Å²) in [6.07, 6.45) is 6.61. The van der Waals surface area contributed by atoms with Gasteiger partial charge in [-0.05, 0) is 12.5 Å². The number of rotatable bonds is 0. The first-order valence-corrected chi connectivity index (χ1v) is 4.14. The van der Waals surface area contributed by atoms with Crippen LogP contribution in [-0.4, -0.2) is 0 Å². The molecule has 0 heterocycles. The molecule has 0 aromatic carbocycles. The van der Waals surface area contributed by atoms with Gasteiger partial charge in [0.1, 0.15) is 0 Å². The number of halogens is 1. The zero-order valence-corrected chi connectivity index (χ0v) is 7.63. The average molecular weight is 210 g/mol. The predicted octanol–water partition coefficient (Wildman–Crippen LogP) is 2.92. The summed E-state index contributed by atoms with van der Waals surface area (Å²) in [5.74, 6) is -0.139.